The smallest absolute Gasteiger partial charge is 0.227 e. The van der Waals surface area contributed by atoms with E-state index in [1.807, 2.05) is 17.0 Å². The molecule has 1 amide bonds. The van der Waals surface area contributed by atoms with E-state index in [1.54, 1.807) is 30.3 Å². The van der Waals surface area contributed by atoms with Gasteiger partial charge in [0.1, 0.15) is 5.75 Å². The van der Waals surface area contributed by atoms with Crippen molar-refractivity contribution < 1.29 is 9.90 Å². The van der Waals surface area contributed by atoms with Crippen LogP contribution in [0.25, 0.3) is 0 Å². The molecule has 3 rings (SSSR count). The molecule has 0 aromatic heterocycles. The highest BCUT2D eigenvalue weighted by Gasteiger charge is 2.22. The van der Waals surface area contributed by atoms with Crippen LogP contribution in [0.5, 0.6) is 5.75 Å². The Labute approximate surface area is 151 Å². The van der Waals surface area contributed by atoms with Crippen LogP contribution in [0.4, 0.5) is 5.69 Å². The molecule has 2 aromatic rings. The number of halogens is 2. The first-order valence-corrected chi connectivity index (χ1v) is 8.54. The second kappa shape index (κ2) is 7.32. The van der Waals surface area contributed by atoms with Crippen molar-refractivity contribution in [3.63, 3.8) is 0 Å². The van der Waals surface area contributed by atoms with Crippen molar-refractivity contribution in [2.45, 2.75) is 6.42 Å². The van der Waals surface area contributed by atoms with Gasteiger partial charge in [0.05, 0.1) is 6.42 Å². The Kier molecular flexibility index (Phi) is 5.17. The minimum absolute atomic E-state index is 0.0646. The molecule has 1 fully saturated rings. The fraction of sp³-hybridized carbons (Fsp3) is 0.278. The lowest BCUT2D eigenvalue weighted by Crippen LogP contribution is -2.49. The summed E-state index contributed by atoms with van der Waals surface area (Å²) in [4.78, 5) is 16.5. The summed E-state index contributed by atoms with van der Waals surface area (Å²) in [5.41, 5.74) is 1.77. The number of rotatable bonds is 3. The highest BCUT2D eigenvalue weighted by Crippen LogP contribution is 2.23. The molecule has 1 N–H and O–H groups in total. The minimum atomic E-state index is 0.0646. The molecule has 1 aliphatic heterocycles. The molecule has 0 unspecified atom stereocenters. The molecule has 0 radical (unpaired) electrons. The largest absolute Gasteiger partial charge is 0.508 e. The predicted molar refractivity (Wildman–Crippen MR) is 97.1 cm³/mol. The van der Waals surface area contributed by atoms with E-state index >= 15 is 0 Å². The Morgan fingerprint density at radius 1 is 1.04 bits per heavy atom. The lowest BCUT2D eigenvalue weighted by molar-refractivity contribution is -0.130. The van der Waals surface area contributed by atoms with Gasteiger partial charge in [-0.1, -0.05) is 35.3 Å². The zero-order valence-corrected chi connectivity index (χ0v) is 14.6. The average molecular weight is 365 g/mol. The third kappa shape index (κ3) is 3.94. The van der Waals surface area contributed by atoms with Crippen molar-refractivity contribution in [1.29, 1.82) is 0 Å². The van der Waals surface area contributed by atoms with Gasteiger partial charge in [-0.25, -0.2) is 0 Å². The third-order valence-electron chi connectivity index (χ3n) is 4.18. The highest BCUT2D eigenvalue weighted by molar-refractivity contribution is 6.35. The molecular weight excluding hydrogens is 347 g/mol. The fourth-order valence-corrected chi connectivity index (χ4v) is 3.32. The van der Waals surface area contributed by atoms with Crippen molar-refractivity contribution in [3.05, 3.63) is 58.1 Å². The number of carbonyl (C=O) groups is 1. The summed E-state index contributed by atoms with van der Waals surface area (Å²) in [6.45, 7) is 2.78. The first-order valence-electron chi connectivity index (χ1n) is 7.78. The number of carbonyl (C=O) groups excluding carboxylic acids is 1. The predicted octanol–water partition coefficient (Wildman–Crippen LogP) is 3.59. The quantitative estimate of drug-likeness (QED) is 0.904. The molecule has 1 saturated heterocycles. The van der Waals surface area contributed by atoms with Crippen LogP contribution in [0.3, 0.4) is 0 Å². The van der Waals surface area contributed by atoms with Crippen molar-refractivity contribution in [1.82, 2.24) is 4.90 Å². The Balaban J connectivity index is 1.59. The van der Waals surface area contributed by atoms with Crippen molar-refractivity contribution >= 4 is 34.8 Å². The minimum Gasteiger partial charge on any atom is -0.508 e. The number of hydrogen-bond donors (Lipinski definition) is 1. The maximum Gasteiger partial charge on any atom is 0.227 e. The van der Waals surface area contributed by atoms with Gasteiger partial charge in [-0.15, -0.1) is 0 Å². The van der Waals surface area contributed by atoms with E-state index in [1.165, 1.54) is 0 Å². The van der Waals surface area contributed by atoms with E-state index in [4.69, 9.17) is 23.2 Å². The molecule has 126 valence electrons. The number of aromatic hydroxyl groups is 1. The third-order valence-corrected chi connectivity index (χ3v) is 4.77. The normalized spacial score (nSPS) is 14.8. The average Bonchev–Trinajstić information content (AvgIpc) is 2.57. The van der Waals surface area contributed by atoms with Gasteiger partial charge < -0.3 is 14.9 Å². The van der Waals surface area contributed by atoms with Crippen molar-refractivity contribution in [3.8, 4) is 5.75 Å². The fourth-order valence-electron chi connectivity index (χ4n) is 2.84. The van der Waals surface area contributed by atoms with Crippen LogP contribution in [0.2, 0.25) is 10.0 Å². The molecule has 1 aliphatic rings. The van der Waals surface area contributed by atoms with Gasteiger partial charge in [0.2, 0.25) is 5.91 Å². The molecule has 0 aliphatic carbocycles. The maximum atomic E-state index is 12.5. The van der Waals surface area contributed by atoms with Gasteiger partial charge >= 0.3 is 0 Å². The second-order valence-corrected chi connectivity index (χ2v) is 6.64. The first-order chi connectivity index (χ1) is 11.5. The molecular formula is C18H18Cl2N2O2. The number of phenols is 1. The van der Waals surface area contributed by atoms with Crippen LogP contribution >= 0.6 is 23.2 Å². The second-order valence-electron chi connectivity index (χ2n) is 5.80. The number of anilines is 1. The van der Waals surface area contributed by atoms with Gasteiger partial charge in [-0.05, 0) is 29.8 Å². The van der Waals surface area contributed by atoms with Crippen molar-refractivity contribution in [2.24, 2.45) is 0 Å². The van der Waals surface area contributed by atoms with E-state index in [0.29, 0.717) is 23.1 Å². The van der Waals surface area contributed by atoms with Crippen LogP contribution in [0.15, 0.2) is 42.5 Å². The highest BCUT2D eigenvalue weighted by atomic mass is 35.5. The molecule has 0 spiro atoms. The van der Waals surface area contributed by atoms with E-state index in [2.05, 4.69) is 4.90 Å². The summed E-state index contributed by atoms with van der Waals surface area (Å²) in [5, 5.41) is 10.7. The number of benzene rings is 2. The summed E-state index contributed by atoms with van der Waals surface area (Å²) in [6.07, 6.45) is 0.280. The first kappa shape index (κ1) is 16.9. The zero-order valence-electron chi connectivity index (χ0n) is 13.1. The number of phenolic OH excluding ortho intramolecular Hbond substituents is 1. The van der Waals surface area contributed by atoms with E-state index in [0.717, 1.165) is 24.3 Å². The lowest BCUT2D eigenvalue weighted by atomic mass is 10.1. The number of piperazine rings is 1. The zero-order chi connectivity index (χ0) is 17.1. The molecule has 0 atom stereocenters. The van der Waals surface area contributed by atoms with Gasteiger partial charge in [0, 0.05) is 48.0 Å². The Bertz CT molecular complexity index is 744. The molecule has 6 heteroatoms. The summed E-state index contributed by atoms with van der Waals surface area (Å²) >= 11 is 12.0. The van der Waals surface area contributed by atoms with Gasteiger partial charge in [-0.2, -0.15) is 0 Å². The Morgan fingerprint density at radius 2 is 1.79 bits per heavy atom. The van der Waals surface area contributed by atoms with Gasteiger partial charge in [0.25, 0.3) is 0 Å². The monoisotopic (exact) mass is 364 g/mol. The van der Waals surface area contributed by atoms with E-state index in [-0.39, 0.29) is 18.1 Å². The van der Waals surface area contributed by atoms with Crippen LogP contribution in [-0.4, -0.2) is 42.1 Å². The summed E-state index contributed by atoms with van der Waals surface area (Å²) in [7, 11) is 0. The van der Waals surface area contributed by atoms with Crippen LogP contribution in [-0.2, 0) is 11.2 Å². The summed E-state index contributed by atoms with van der Waals surface area (Å²) < 4.78 is 0. The maximum absolute atomic E-state index is 12.5. The number of hydrogen-bond acceptors (Lipinski definition) is 3. The SMILES string of the molecule is O=C(Cc1ccc(Cl)cc1Cl)N1CCN(c2cccc(O)c2)CC1. The van der Waals surface area contributed by atoms with Crippen LogP contribution in [0.1, 0.15) is 5.56 Å². The van der Waals surface area contributed by atoms with Crippen LogP contribution in [0, 0.1) is 0 Å². The topological polar surface area (TPSA) is 43.8 Å². The molecule has 2 aromatic carbocycles. The lowest BCUT2D eigenvalue weighted by Gasteiger charge is -2.36. The summed E-state index contributed by atoms with van der Waals surface area (Å²) in [5.74, 6) is 0.318. The molecule has 0 bridgehead atoms. The van der Waals surface area contributed by atoms with E-state index in [9.17, 15) is 9.90 Å². The van der Waals surface area contributed by atoms with Crippen molar-refractivity contribution in [2.75, 3.05) is 31.1 Å². The van der Waals surface area contributed by atoms with Crippen LogP contribution < -0.4 is 4.90 Å². The number of amides is 1. The molecule has 24 heavy (non-hydrogen) atoms. The Hall–Kier alpha value is -1.91. The van der Waals surface area contributed by atoms with Gasteiger partial charge in [-0.3, -0.25) is 4.79 Å². The molecule has 1 heterocycles. The Morgan fingerprint density at radius 3 is 2.46 bits per heavy atom. The van der Waals surface area contributed by atoms with E-state index < -0.39 is 0 Å². The van der Waals surface area contributed by atoms with Gasteiger partial charge in [0.15, 0.2) is 0 Å². The summed E-state index contributed by atoms with van der Waals surface area (Å²) in [6, 6.07) is 12.4. The number of nitrogens with zero attached hydrogens (tertiary/aromatic N) is 2. The molecule has 0 saturated carbocycles. The standard InChI is InChI=1S/C18H18Cl2N2O2/c19-14-5-4-13(17(20)11-14)10-18(24)22-8-6-21(7-9-22)15-2-1-3-16(23)12-15/h1-5,11-12,23H,6-10H2. The molecule has 4 nitrogen and oxygen atoms in total.